The second-order valence-electron chi connectivity index (χ2n) is 5.46. The highest BCUT2D eigenvalue weighted by Gasteiger charge is 2.12. The van der Waals surface area contributed by atoms with Gasteiger partial charge in [0, 0.05) is 5.69 Å². The molecule has 2 aromatic carbocycles. The van der Waals surface area contributed by atoms with E-state index in [0.29, 0.717) is 5.69 Å². The van der Waals surface area contributed by atoms with Gasteiger partial charge in [0.2, 0.25) is 5.91 Å². The molecule has 0 saturated carbocycles. The molecule has 2 amide bonds. The molecule has 7 heteroatoms. The summed E-state index contributed by atoms with van der Waals surface area (Å²) < 4.78 is 4.84. The number of carbonyl (C=O) groups excluding carboxylic acids is 3. The summed E-state index contributed by atoms with van der Waals surface area (Å²) in [6.45, 7) is 1.22. The van der Waals surface area contributed by atoms with Crippen molar-refractivity contribution >= 4 is 23.5 Å². The molecule has 3 N–H and O–H groups in total. The number of benzene rings is 2. The molecule has 0 aliphatic heterocycles. The Morgan fingerprint density at radius 3 is 2.54 bits per heavy atom. The Kier molecular flexibility index (Phi) is 6.73. The van der Waals surface area contributed by atoms with E-state index in [-0.39, 0.29) is 23.8 Å². The first-order valence-electron chi connectivity index (χ1n) is 8.10. The molecule has 7 nitrogen and oxygen atoms in total. The SMILES string of the molecule is CCc1ccccc1NC(=O)CNC(=O)COC(=O)c1cccc(O)c1. The number of anilines is 1. The summed E-state index contributed by atoms with van der Waals surface area (Å²) in [6, 6.07) is 13.0. The van der Waals surface area contributed by atoms with E-state index in [9.17, 15) is 19.5 Å². The van der Waals surface area contributed by atoms with E-state index in [1.165, 1.54) is 24.3 Å². The quantitative estimate of drug-likeness (QED) is 0.657. The van der Waals surface area contributed by atoms with Gasteiger partial charge in [-0.1, -0.05) is 31.2 Å². The van der Waals surface area contributed by atoms with Gasteiger partial charge >= 0.3 is 5.97 Å². The molecule has 0 aliphatic rings. The fourth-order valence-corrected chi connectivity index (χ4v) is 2.22. The number of phenols is 1. The van der Waals surface area contributed by atoms with Crippen LogP contribution in [0.3, 0.4) is 0 Å². The fraction of sp³-hybridized carbons (Fsp3) is 0.211. The average molecular weight is 356 g/mol. The lowest BCUT2D eigenvalue weighted by molar-refractivity contribution is -0.126. The molecule has 0 bridgehead atoms. The highest BCUT2D eigenvalue weighted by atomic mass is 16.5. The van der Waals surface area contributed by atoms with Crippen LogP contribution in [0.25, 0.3) is 0 Å². The molecule has 0 spiro atoms. The Hall–Kier alpha value is -3.35. The Bertz CT molecular complexity index is 804. The van der Waals surface area contributed by atoms with Gasteiger partial charge in [0.05, 0.1) is 12.1 Å². The van der Waals surface area contributed by atoms with Gasteiger partial charge in [-0.05, 0) is 36.2 Å². The van der Waals surface area contributed by atoms with Gasteiger partial charge in [-0.3, -0.25) is 9.59 Å². The third-order valence-electron chi connectivity index (χ3n) is 3.53. The number of phenolic OH excluding ortho intramolecular Hbond substituents is 1. The Morgan fingerprint density at radius 2 is 1.81 bits per heavy atom. The molecule has 136 valence electrons. The standard InChI is InChI=1S/C19H20N2O5/c1-2-13-6-3-4-9-16(13)21-17(23)11-20-18(24)12-26-19(25)14-7-5-8-15(22)10-14/h3-10,22H,2,11-12H2,1H3,(H,20,24)(H,21,23). The monoisotopic (exact) mass is 356 g/mol. The smallest absolute Gasteiger partial charge is 0.338 e. The van der Waals surface area contributed by atoms with Crippen LogP contribution in [0.15, 0.2) is 48.5 Å². The number of carbonyl (C=O) groups is 3. The zero-order valence-corrected chi connectivity index (χ0v) is 14.3. The van der Waals surface area contributed by atoms with Crippen molar-refractivity contribution in [2.45, 2.75) is 13.3 Å². The van der Waals surface area contributed by atoms with Crippen LogP contribution >= 0.6 is 0 Å². The molecular formula is C19H20N2O5. The van der Waals surface area contributed by atoms with E-state index in [0.717, 1.165) is 12.0 Å². The lowest BCUT2D eigenvalue weighted by Crippen LogP contribution is -2.35. The van der Waals surface area contributed by atoms with Crippen LogP contribution in [0, 0.1) is 0 Å². The molecule has 0 aliphatic carbocycles. The van der Waals surface area contributed by atoms with Crippen LogP contribution in [-0.4, -0.2) is 36.0 Å². The zero-order chi connectivity index (χ0) is 18.9. The molecule has 0 aromatic heterocycles. The van der Waals surface area contributed by atoms with Crippen molar-refractivity contribution in [2.75, 3.05) is 18.5 Å². The second kappa shape index (κ2) is 9.22. The summed E-state index contributed by atoms with van der Waals surface area (Å²) in [4.78, 5) is 35.4. The van der Waals surface area contributed by atoms with E-state index in [1.807, 2.05) is 25.1 Å². The Morgan fingerprint density at radius 1 is 1.04 bits per heavy atom. The minimum absolute atomic E-state index is 0.0760. The minimum Gasteiger partial charge on any atom is -0.508 e. The van der Waals surface area contributed by atoms with Crippen molar-refractivity contribution in [1.29, 1.82) is 0 Å². The molecule has 2 aromatic rings. The van der Waals surface area contributed by atoms with Gasteiger partial charge in [-0.15, -0.1) is 0 Å². The third kappa shape index (κ3) is 5.62. The number of hydrogen-bond acceptors (Lipinski definition) is 5. The maximum Gasteiger partial charge on any atom is 0.338 e. The number of esters is 1. The first-order valence-corrected chi connectivity index (χ1v) is 8.10. The molecule has 2 rings (SSSR count). The largest absolute Gasteiger partial charge is 0.508 e. The van der Waals surface area contributed by atoms with Crippen LogP contribution in [0.1, 0.15) is 22.8 Å². The van der Waals surface area contributed by atoms with E-state index >= 15 is 0 Å². The zero-order valence-electron chi connectivity index (χ0n) is 14.3. The molecule has 26 heavy (non-hydrogen) atoms. The summed E-state index contributed by atoms with van der Waals surface area (Å²) in [7, 11) is 0. The highest BCUT2D eigenvalue weighted by Crippen LogP contribution is 2.15. The van der Waals surface area contributed by atoms with Gasteiger partial charge in [0.15, 0.2) is 6.61 Å². The molecule has 0 saturated heterocycles. The molecule has 0 heterocycles. The molecule has 0 atom stereocenters. The van der Waals surface area contributed by atoms with Crippen molar-refractivity contribution in [3.63, 3.8) is 0 Å². The van der Waals surface area contributed by atoms with E-state index in [1.54, 1.807) is 6.07 Å². The Labute approximate surface area is 151 Å². The molecular weight excluding hydrogens is 336 g/mol. The van der Waals surface area contributed by atoms with Crippen molar-refractivity contribution < 1.29 is 24.2 Å². The lowest BCUT2D eigenvalue weighted by atomic mass is 10.1. The maximum absolute atomic E-state index is 11.9. The lowest BCUT2D eigenvalue weighted by Gasteiger charge is -2.10. The molecule has 0 unspecified atom stereocenters. The number of amides is 2. The summed E-state index contributed by atoms with van der Waals surface area (Å²) in [5, 5.41) is 14.4. The normalized spacial score (nSPS) is 10.0. The van der Waals surface area contributed by atoms with Crippen LogP contribution in [0.5, 0.6) is 5.75 Å². The van der Waals surface area contributed by atoms with Crippen LogP contribution in [-0.2, 0) is 20.7 Å². The van der Waals surface area contributed by atoms with Crippen LogP contribution in [0.4, 0.5) is 5.69 Å². The van der Waals surface area contributed by atoms with Gasteiger partial charge in [-0.25, -0.2) is 4.79 Å². The van der Waals surface area contributed by atoms with Crippen LogP contribution < -0.4 is 10.6 Å². The minimum atomic E-state index is -0.739. The van der Waals surface area contributed by atoms with Gasteiger partial charge in [-0.2, -0.15) is 0 Å². The fourth-order valence-electron chi connectivity index (χ4n) is 2.22. The topological polar surface area (TPSA) is 105 Å². The number of rotatable bonds is 7. The second-order valence-corrected chi connectivity index (χ2v) is 5.46. The summed E-state index contributed by atoms with van der Waals surface area (Å²) in [5.74, 6) is -1.79. The third-order valence-corrected chi connectivity index (χ3v) is 3.53. The van der Waals surface area contributed by atoms with E-state index < -0.39 is 18.5 Å². The van der Waals surface area contributed by atoms with Gasteiger partial charge < -0.3 is 20.5 Å². The number of aromatic hydroxyl groups is 1. The predicted molar refractivity (Wildman–Crippen MR) is 95.8 cm³/mol. The number of nitrogens with one attached hydrogen (secondary N) is 2. The number of ether oxygens (including phenoxy) is 1. The van der Waals surface area contributed by atoms with Gasteiger partial charge in [0.25, 0.3) is 5.91 Å². The van der Waals surface area contributed by atoms with E-state index in [4.69, 9.17) is 4.74 Å². The predicted octanol–water partition coefficient (Wildman–Crippen LogP) is 1.87. The first kappa shape index (κ1) is 19.0. The van der Waals surface area contributed by atoms with Crippen molar-refractivity contribution in [3.8, 4) is 5.75 Å². The summed E-state index contributed by atoms with van der Waals surface area (Å²) in [5.41, 5.74) is 1.82. The highest BCUT2D eigenvalue weighted by molar-refractivity contribution is 5.96. The number of hydrogen-bond donors (Lipinski definition) is 3. The average Bonchev–Trinajstić information content (AvgIpc) is 2.64. The van der Waals surface area contributed by atoms with Crippen molar-refractivity contribution in [3.05, 3.63) is 59.7 Å². The van der Waals surface area contributed by atoms with Crippen molar-refractivity contribution in [1.82, 2.24) is 5.32 Å². The number of aryl methyl sites for hydroxylation is 1. The van der Waals surface area contributed by atoms with E-state index in [2.05, 4.69) is 10.6 Å². The summed E-state index contributed by atoms with van der Waals surface area (Å²) in [6.07, 6.45) is 0.772. The summed E-state index contributed by atoms with van der Waals surface area (Å²) >= 11 is 0. The molecule has 0 fully saturated rings. The Balaban J connectivity index is 1.76. The van der Waals surface area contributed by atoms with Gasteiger partial charge in [0.1, 0.15) is 5.75 Å². The van der Waals surface area contributed by atoms with Crippen molar-refractivity contribution in [2.24, 2.45) is 0 Å². The van der Waals surface area contributed by atoms with Crippen LogP contribution in [0.2, 0.25) is 0 Å². The molecule has 0 radical (unpaired) electrons. The number of para-hydroxylation sites is 1. The first-order chi connectivity index (χ1) is 12.5. The maximum atomic E-state index is 11.9.